The van der Waals surface area contributed by atoms with E-state index in [-0.39, 0.29) is 37.1 Å². The number of piperazine rings is 1. The van der Waals surface area contributed by atoms with Crippen LogP contribution >= 0.6 is 0 Å². The molecule has 2 heterocycles. The molecule has 0 aromatic carbocycles. The fourth-order valence-corrected chi connectivity index (χ4v) is 3.99. The molecule has 0 radical (unpaired) electrons. The van der Waals surface area contributed by atoms with E-state index in [9.17, 15) is 22.8 Å². The molecule has 1 spiro atoms. The zero-order chi connectivity index (χ0) is 17.7. The minimum absolute atomic E-state index is 0.0249. The van der Waals surface area contributed by atoms with Crippen LogP contribution in [0, 0.1) is 0 Å². The molecule has 1 N–H and O–H groups in total. The number of carbonyl (C=O) groups is 2. The molecule has 3 fully saturated rings. The minimum atomic E-state index is -4.86. The maximum absolute atomic E-state index is 12.9. The lowest BCUT2D eigenvalue weighted by atomic mass is 10.0. The molecular weight excluding hydrogens is 323 g/mol. The van der Waals surface area contributed by atoms with E-state index < -0.39 is 17.6 Å². The Labute approximate surface area is 139 Å². The van der Waals surface area contributed by atoms with Gasteiger partial charge < -0.3 is 15.1 Å². The molecule has 3 aliphatic rings. The predicted molar refractivity (Wildman–Crippen MR) is 81.1 cm³/mol. The smallest absolute Gasteiger partial charge is 0.334 e. The summed E-state index contributed by atoms with van der Waals surface area (Å²) in [5, 5.41) is 3.25. The molecule has 0 unspecified atom stereocenters. The topological polar surface area (TPSA) is 52.7 Å². The fourth-order valence-electron chi connectivity index (χ4n) is 3.99. The summed E-state index contributed by atoms with van der Waals surface area (Å²) in [5.74, 6) is -1.80. The van der Waals surface area contributed by atoms with Gasteiger partial charge in [-0.25, -0.2) is 0 Å². The highest BCUT2D eigenvalue weighted by Crippen LogP contribution is 2.47. The van der Waals surface area contributed by atoms with Crippen molar-refractivity contribution < 1.29 is 22.8 Å². The lowest BCUT2D eigenvalue weighted by Gasteiger charge is -2.47. The monoisotopic (exact) mass is 347 g/mol. The molecule has 1 aliphatic carbocycles. The van der Waals surface area contributed by atoms with Crippen LogP contribution in [0.1, 0.15) is 46.0 Å². The Morgan fingerprint density at radius 2 is 1.92 bits per heavy atom. The first-order valence-electron chi connectivity index (χ1n) is 8.63. The highest BCUT2D eigenvalue weighted by Gasteiger charge is 2.60. The zero-order valence-corrected chi connectivity index (χ0v) is 14.0. The third kappa shape index (κ3) is 3.00. The van der Waals surface area contributed by atoms with Crippen LogP contribution in [0.5, 0.6) is 0 Å². The number of halogens is 3. The Morgan fingerprint density at radius 3 is 2.38 bits per heavy atom. The molecule has 0 aromatic heterocycles. The molecular formula is C16H24F3N3O2. The second-order valence-corrected chi connectivity index (χ2v) is 7.36. The molecule has 0 bridgehead atoms. The number of carbonyl (C=O) groups excluding carboxylic acids is 2. The fraction of sp³-hybridized carbons (Fsp3) is 0.875. The number of rotatable bonds is 2. The van der Waals surface area contributed by atoms with Gasteiger partial charge in [-0.1, -0.05) is 6.92 Å². The Kier molecular flexibility index (Phi) is 4.30. The van der Waals surface area contributed by atoms with Gasteiger partial charge in [0, 0.05) is 25.2 Å². The average Bonchev–Trinajstić information content (AvgIpc) is 3.15. The van der Waals surface area contributed by atoms with Gasteiger partial charge in [-0.3, -0.25) is 9.59 Å². The van der Waals surface area contributed by atoms with Crippen LogP contribution in [0.25, 0.3) is 0 Å². The van der Waals surface area contributed by atoms with Crippen molar-refractivity contribution in [3.63, 3.8) is 0 Å². The first kappa shape index (κ1) is 17.5. The van der Waals surface area contributed by atoms with Crippen LogP contribution < -0.4 is 5.32 Å². The summed E-state index contributed by atoms with van der Waals surface area (Å²) in [7, 11) is 0. The molecule has 1 saturated carbocycles. The second kappa shape index (κ2) is 5.89. The summed E-state index contributed by atoms with van der Waals surface area (Å²) in [6, 6.07) is -0.329. The van der Waals surface area contributed by atoms with Gasteiger partial charge in [0.05, 0.1) is 11.6 Å². The Bertz CT molecular complexity index is 533. The first-order chi connectivity index (χ1) is 11.2. The third-order valence-electron chi connectivity index (χ3n) is 5.61. The SMILES string of the molecule is CC[C@H]1CN(C(=O)C(F)(F)F)C2(CC2)CN1C(=O)[C@@H]1CC[C@@H](C)N1. The van der Waals surface area contributed by atoms with E-state index in [2.05, 4.69) is 5.32 Å². The van der Waals surface area contributed by atoms with Crippen LogP contribution in [0.4, 0.5) is 13.2 Å². The van der Waals surface area contributed by atoms with Crippen molar-refractivity contribution >= 4 is 11.8 Å². The molecule has 3 atom stereocenters. The molecule has 3 rings (SSSR count). The molecule has 24 heavy (non-hydrogen) atoms. The van der Waals surface area contributed by atoms with Gasteiger partial charge in [-0.2, -0.15) is 13.2 Å². The van der Waals surface area contributed by atoms with Gasteiger partial charge in [0.1, 0.15) is 0 Å². The maximum Gasteiger partial charge on any atom is 0.471 e. The number of hydrogen-bond donors (Lipinski definition) is 1. The van der Waals surface area contributed by atoms with Crippen LogP contribution in [0.2, 0.25) is 0 Å². The Hall–Kier alpha value is -1.31. The van der Waals surface area contributed by atoms with E-state index in [1.165, 1.54) is 0 Å². The largest absolute Gasteiger partial charge is 0.471 e. The Balaban J connectivity index is 1.78. The summed E-state index contributed by atoms with van der Waals surface area (Å²) in [5.41, 5.74) is -0.807. The lowest BCUT2D eigenvalue weighted by molar-refractivity contribution is -0.193. The highest BCUT2D eigenvalue weighted by molar-refractivity contribution is 5.85. The number of amides is 2. The molecule has 2 amide bonds. The van der Waals surface area contributed by atoms with E-state index in [0.717, 1.165) is 17.7 Å². The highest BCUT2D eigenvalue weighted by atomic mass is 19.4. The van der Waals surface area contributed by atoms with Crippen LogP contribution in [0.15, 0.2) is 0 Å². The summed E-state index contributed by atoms with van der Waals surface area (Å²) in [4.78, 5) is 27.3. The van der Waals surface area contributed by atoms with Crippen LogP contribution in [-0.2, 0) is 9.59 Å². The number of nitrogens with one attached hydrogen (secondary N) is 1. The van der Waals surface area contributed by atoms with Crippen LogP contribution in [-0.4, -0.2) is 64.5 Å². The van der Waals surface area contributed by atoms with Crippen molar-refractivity contribution in [2.45, 2.75) is 75.8 Å². The van der Waals surface area contributed by atoms with E-state index in [1.807, 2.05) is 13.8 Å². The van der Waals surface area contributed by atoms with Crippen molar-refractivity contribution in [1.29, 1.82) is 0 Å². The summed E-state index contributed by atoms with van der Waals surface area (Å²) < 4.78 is 38.7. The van der Waals surface area contributed by atoms with Gasteiger partial charge >= 0.3 is 12.1 Å². The van der Waals surface area contributed by atoms with E-state index >= 15 is 0 Å². The second-order valence-electron chi connectivity index (χ2n) is 7.36. The van der Waals surface area contributed by atoms with E-state index in [1.54, 1.807) is 4.90 Å². The lowest BCUT2D eigenvalue weighted by Crippen LogP contribution is -2.66. The summed E-state index contributed by atoms with van der Waals surface area (Å²) in [6.07, 6.45) is -1.59. The number of hydrogen-bond acceptors (Lipinski definition) is 3. The Morgan fingerprint density at radius 1 is 1.25 bits per heavy atom. The quantitative estimate of drug-likeness (QED) is 0.827. The van der Waals surface area contributed by atoms with Crippen molar-refractivity contribution in [2.24, 2.45) is 0 Å². The summed E-state index contributed by atoms with van der Waals surface area (Å²) in [6.45, 7) is 4.06. The van der Waals surface area contributed by atoms with Crippen molar-refractivity contribution in [1.82, 2.24) is 15.1 Å². The van der Waals surface area contributed by atoms with Gasteiger partial charge in [-0.15, -0.1) is 0 Å². The van der Waals surface area contributed by atoms with Gasteiger partial charge in [-0.05, 0) is 39.0 Å². The van der Waals surface area contributed by atoms with Crippen molar-refractivity contribution in [2.75, 3.05) is 13.1 Å². The summed E-state index contributed by atoms with van der Waals surface area (Å²) >= 11 is 0. The zero-order valence-electron chi connectivity index (χ0n) is 14.0. The van der Waals surface area contributed by atoms with E-state index in [0.29, 0.717) is 19.3 Å². The molecule has 5 nitrogen and oxygen atoms in total. The van der Waals surface area contributed by atoms with Crippen LogP contribution in [0.3, 0.4) is 0 Å². The van der Waals surface area contributed by atoms with Gasteiger partial charge in [0.25, 0.3) is 0 Å². The normalized spacial score (nSPS) is 32.3. The molecule has 0 aromatic rings. The van der Waals surface area contributed by atoms with Gasteiger partial charge in [0.15, 0.2) is 0 Å². The molecule has 8 heteroatoms. The molecule has 2 saturated heterocycles. The van der Waals surface area contributed by atoms with Crippen molar-refractivity contribution in [3.05, 3.63) is 0 Å². The minimum Gasteiger partial charge on any atom is -0.334 e. The van der Waals surface area contributed by atoms with Gasteiger partial charge in [0.2, 0.25) is 5.91 Å². The standard InChI is InChI=1S/C16H24F3N3O2/c1-3-11-8-22(14(24)16(17,18)19)15(6-7-15)9-21(11)13(23)12-5-4-10(2)20-12/h10-12,20H,3-9H2,1-2H3/t10-,11+,12+/m1/s1. The number of alkyl halides is 3. The first-order valence-corrected chi connectivity index (χ1v) is 8.63. The third-order valence-corrected chi connectivity index (χ3v) is 5.61. The van der Waals surface area contributed by atoms with E-state index in [4.69, 9.17) is 0 Å². The van der Waals surface area contributed by atoms with Crippen molar-refractivity contribution in [3.8, 4) is 0 Å². The molecule has 136 valence electrons. The average molecular weight is 347 g/mol. The predicted octanol–water partition coefficient (Wildman–Crippen LogP) is 1.67. The molecule has 2 aliphatic heterocycles. The maximum atomic E-state index is 12.9. The number of nitrogens with zero attached hydrogens (tertiary/aromatic N) is 2.